The standard InChI is InChI=1S/C18H17NO5/c1-23-12-11-19-18(22)24-15-9-7-14(8-10-15)17(21)16(20)13-5-3-2-4-6-13/h2-10H,11-12H2,1H3,(H,19,22). The first-order valence-electron chi connectivity index (χ1n) is 7.30. The van der Waals surface area contributed by atoms with Crippen LogP contribution in [0.1, 0.15) is 20.7 Å². The monoisotopic (exact) mass is 327 g/mol. The molecule has 24 heavy (non-hydrogen) atoms. The Hall–Kier alpha value is -2.99. The lowest BCUT2D eigenvalue weighted by Crippen LogP contribution is -2.29. The maximum absolute atomic E-state index is 12.2. The van der Waals surface area contributed by atoms with Crippen LogP contribution in [0.4, 0.5) is 4.79 Å². The molecule has 0 aliphatic heterocycles. The van der Waals surface area contributed by atoms with Crippen LogP contribution in [0.15, 0.2) is 54.6 Å². The van der Waals surface area contributed by atoms with Gasteiger partial charge in [-0.15, -0.1) is 0 Å². The molecule has 0 spiro atoms. The Morgan fingerprint density at radius 3 is 2.04 bits per heavy atom. The van der Waals surface area contributed by atoms with Crippen molar-refractivity contribution < 1.29 is 23.9 Å². The molecule has 0 bridgehead atoms. The SMILES string of the molecule is COCCNC(=O)Oc1ccc(C(=O)C(=O)c2ccccc2)cc1. The fourth-order valence-electron chi connectivity index (χ4n) is 1.92. The van der Waals surface area contributed by atoms with Crippen LogP contribution in [0.3, 0.4) is 0 Å². The van der Waals surface area contributed by atoms with E-state index in [9.17, 15) is 14.4 Å². The van der Waals surface area contributed by atoms with E-state index in [4.69, 9.17) is 9.47 Å². The lowest BCUT2D eigenvalue weighted by Gasteiger charge is -2.06. The van der Waals surface area contributed by atoms with Gasteiger partial charge in [-0.05, 0) is 24.3 Å². The fraction of sp³-hybridized carbons (Fsp3) is 0.167. The lowest BCUT2D eigenvalue weighted by atomic mass is 10.0. The van der Waals surface area contributed by atoms with E-state index in [0.29, 0.717) is 18.7 Å². The van der Waals surface area contributed by atoms with Gasteiger partial charge in [0.25, 0.3) is 0 Å². The molecular weight excluding hydrogens is 310 g/mol. The van der Waals surface area contributed by atoms with Crippen LogP contribution in [-0.4, -0.2) is 37.9 Å². The number of carbonyl (C=O) groups is 3. The number of Topliss-reactive ketones (excluding diaryl/α,β-unsaturated/α-hetero) is 2. The van der Waals surface area contributed by atoms with Crippen molar-refractivity contribution in [3.05, 3.63) is 65.7 Å². The summed E-state index contributed by atoms with van der Waals surface area (Å²) in [4.78, 5) is 35.8. The van der Waals surface area contributed by atoms with E-state index < -0.39 is 17.7 Å². The number of hydrogen-bond donors (Lipinski definition) is 1. The highest BCUT2D eigenvalue weighted by Gasteiger charge is 2.18. The summed E-state index contributed by atoms with van der Waals surface area (Å²) in [5, 5.41) is 2.50. The predicted octanol–water partition coefficient (Wildman–Crippen LogP) is 2.49. The third-order valence-corrected chi connectivity index (χ3v) is 3.14. The molecule has 0 aliphatic carbocycles. The van der Waals surface area contributed by atoms with Gasteiger partial charge in [-0.25, -0.2) is 4.79 Å². The van der Waals surface area contributed by atoms with Crippen LogP contribution in [-0.2, 0) is 4.74 Å². The topological polar surface area (TPSA) is 81.7 Å². The number of carbonyl (C=O) groups excluding carboxylic acids is 3. The van der Waals surface area contributed by atoms with Gasteiger partial charge in [-0.1, -0.05) is 30.3 Å². The van der Waals surface area contributed by atoms with Crippen molar-refractivity contribution in [1.29, 1.82) is 0 Å². The Labute approximate surface area is 139 Å². The van der Waals surface area contributed by atoms with Crippen molar-refractivity contribution in [2.45, 2.75) is 0 Å². The Balaban J connectivity index is 1.97. The molecule has 0 atom stereocenters. The maximum atomic E-state index is 12.2. The summed E-state index contributed by atoms with van der Waals surface area (Å²) < 4.78 is 9.84. The molecule has 2 aromatic carbocycles. The molecule has 0 aliphatic rings. The molecule has 0 saturated heterocycles. The average Bonchev–Trinajstić information content (AvgIpc) is 2.62. The summed E-state index contributed by atoms with van der Waals surface area (Å²) in [5.41, 5.74) is 0.566. The molecule has 124 valence electrons. The van der Waals surface area contributed by atoms with E-state index in [1.165, 1.54) is 31.4 Å². The highest BCUT2D eigenvalue weighted by atomic mass is 16.6. The molecule has 0 aromatic heterocycles. The van der Waals surface area contributed by atoms with Gasteiger partial charge in [0, 0.05) is 24.8 Å². The summed E-state index contributed by atoms with van der Waals surface area (Å²) >= 11 is 0. The quantitative estimate of drug-likeness (QED) is 0.480. The van der Waals surface area contributed by atoms with E-state index in [2.05, 4.69) is 5.32 Å². The molecule has 0 unspecified atom stereocenters. The second kappa shape index (κ2) is 8.59. The molecule has 1 N–H and O–H groups in total. The number of benzene rings is 2. The number of amides is 1. The molecule has 2 rings (SSSR count). The largest absolute Gasteiger partial charge is 0.412 e. The van der Waals surface area contributed by atoms with Crippen molar-refractivity contribution in [1.82, 2.24) is 5.32 Å². The minimum absolute atomic E-state index is 0.232. The van der Waals surface area contributed by atoms with E-state index >= 15 is 0 Å². The van der Waals surface area contributed by atoms with Crippen LogP contribution in [0, 0.1) is 0 Å². The van der Waals surface area contributed by atoms with Gasteiger partial charge in [0.15, 0.2) is 0 Å². The normalized spacial score (nSPS) is 10.0. The zero-order valence-corrected chi connectivity index (χ0v) is 13.2. The first-order chi connectivity index (χ1) is 11.6. The summed E-state index contributed by atoms with van der Waals surface area (Å²) in [6.45, 7) is 0.710. The number of methoxy groups -OCH3 is 1. The van der Waals surface area contributed by atoms with Crippen LogP contribution in [0.5, 0.6) is 5.75 Å². The zero-order valence-electron chi connectivity index (χ0n) is 13.2. The predicted molar refractivity (Wildman–Crippen MR) is 87.4 cm³/mol. The first kappa shape index (κ1) is 17.4. The third kappa shape index (κ3) is 4.76. The second-order valence-electron chi connectivity index (χ2n) is 4.86. The summed E-state index contributed by atoms with van der Waals surface area (Å²) in [5.74, 6) is -0.924. The van der Waals surface area contributed by atoms with Gasteiger partial charge in [0.05, 0.1) is 6.61 Å². The van der Waals surface area contributed by atoms with Crippen molar-refractivity contribution in [3.63, 3.8) is 0 Å². The molecule has 6 nitrogen and oxygen atoms in total. The number of ether oxygens (including phenoxy) is 2. The van der Waals surface area contributed by atoms with Gasteiger partial charge in [0.2, 0.25) is 11.6 Å². The van der Waals surface area contributed by atoms with Crippen LogP contribution in [0.25, 0.3) is 0 Å². The van der Waals surface area contributed by atoms with Crippen LogP contribution >= 0.6 is 0 Å². The van der Waals surface area contributed by atoms with Gasteiger partial charge in [-0.3, -0.25) is 9.59 Å². The van der Waals surface area contributed by atoms with E-state index in [0.717, 1.165) is 0 Å². The minimum Gasteiger partial charge on any atom is -0.410 e. The summed E-state index contributed by atoms with van der Waals surface area (Å²) in [6.07, 6.45) is -0.619. The molecule has 1 amide bonds. The number of rotatable bonds is 7. The molecule has 2 aromatic rings. The number of nitrogens with one attached hydrogen (secondary N) is 1. The van der Waals surface area contributed by atoms with E-state index in [1.54, 1.807) is 30.3 Å². The van der Waals surface area contributed by atoms with Gasteiger partial charge in [0.1, 0.15) is 5.75 Å². The van der Waals surface area contributed by atoms with Gasteiger partial charge in [-0.2, -0.15) is 0 Å². The van der Waals surface area contributed by atoms with E-state index in [-0.39, 0.29) is 11.3 Å². The number of hydrogen-bond acceptors (Lipinski definition) is 5. The van der Waals surface area contributed by atoms with Crippen molar-refractivity contribution >= 4 is 17.7 Å². The van der Waals surface area contributed by atoms with Crippen molar-refractivity contribution in [2.24, 2.45) is 0 Å². The zero-order chi connectivity index (χ0) is 17.4. The third-order valence-electron chi connectivity index (χ3n) is 3.14. The fourth-order valence-corrected chi connectivity index (χ4v) is 1.92. The Bertz CT molecular complexity index is 710. The van der Waals surface area contributed by atoms with Crippen molar-refractivity contribution in [3.8, 4) is 5.75 Å². The smallest absolute Gasteiger partial charge is 0.410 e. The van der Waals surface area contributed by atoms with Crippen molar-refractivity contribution in [2.75, 3.05) is 20.3 Å². The number of ketones is 2. The van der Waals surface area contributed by atoms with Crippen LogP contribution in [0.2, 0.25) is 0 Å². The molecule has 0 saturated carbocycles. The van der Waals surface area contributed by atoms with Crippen LogP contribution < -0.4 is 10.1 Å². The Kier molecular flexibility index (Phi) is 6.22. The van der Waals surface area contributed by atoms with Gasteiger partial charge >= 0.3 is 6.09 Å². The molecular formula is C18H17NO5. The summed E-state index contributed by atoms with van der Waals surface area (Å²) in [6, 6.07) is 14.1. The highest BCUT2D eigenvalue weighted by Crippen LogP contribution is 2.14. The average molecular weight is 327 g/mol. The minimum atomic E-state index is -0.619. The Morgan fingerprint density at radius 2 is 1.46 bits per heavy atom. The molecule has 0 heterocycles. The lowest BCUT2D eigenvalue weighted by molar-refractivity contribution is 0.0817. The second-order valence-corrected chi connectivity index (χ2v) is 4.86. The molecule has 6 heteroatoms. The molecule has 0 radical (unpaired) electrons. The highest BCUT2D eigenvalue weighted by molar-refractivity contribution is 6.49. The maximum Gasteiger partial charge on any atom is 0.412 e. The van der Waals surface area contributed by atoms with Gasteiger partial charge < -0.3 is 14.8 Å². The van der Waals surface area contributed by atoms with E-state index in [1.807, 2.05) is 0 Å². The summed E-state index contributed by atoms with van der Waals surface area (Å²) in [7, 11) is 1.53. The molecule has 0 fully saturated rings. The Morgan fingerprint density at radius 1 is 0.875 bits per heavy atom. The first-order valence-corrected chi connectivity index (χ1v) is 7.30.